The van der Waals surface area contributed by atoms with Crippen LogP contribution in [0, 0.1) is 0 Å². The van der Waals surface area contributed by atoms with E-state index in [0.29, 0.717) is 18.4 Å². The van der Waals surface area contributed by atoms with Gasteiger partial charge < -0.3 is 9.84 Å². The summed E-state index contributed by atoms with van der Waals surface area (Å²) in [5.74, 6) is -0.290. The van der Waals surface area contributed by atoms with Crippen LogP contribution in [0.3, 0.4) is 0 Å². The summed E-state index contributed by atoms with van der Waals surface area (Å²) in [6.07, 6.45) is 6.67. The Balaban J connectivity index is 2.10. The summed E-state index contributed by atoms with van der Waals surface area (Å²) in [6, 6.07) is 10.1. The molecule has 1 N–H and O–H groups in total. The Hall–Kier alpha value is -2.13. The normalized spacial score (nSPS) is 15.8. The zero-order valence-corrected chi connectivity index (χ0v) is 14.3. The lowest BCUT2D eigenvalue weighted by molar-refractivity contribution is 0.0160. The summed E-state index contributed by atoms with van der Waals surface area (Å²) in [7, 11) is 0. The van der Waals surface area contributed by atoms with Crippen LogP contribution in [0.25, 0.3) is 22.9 Å². The van der Waals surface area contributed by atoms with Crippen LogP contribution in [-0.2, 0) is 4.74 Å². The van der Waals surface area contributed by atoms with E-state index in [1.165, 1.54) is 0 Å². The van der Waals surface area contributed by atoms with Crippen LogP contribution in [0.4, 0.5) is 0 Å². The van der Waals surface area contributed by atoms with E-state index < -0.39 is 6.10 Å². The van der Waals surface area contributed by atoms with E-state index >= 15 is 0 Å². The van der Waals surface area contributed by atoms with E-state index in [1.54, 1.807) is 6.92 Å². The van der Waals surface area contributed by atoms with Gasteiger partial charge in [-0.1, -0.05) is 43.3 Å². The average Bonchev–Trinajstić information content (AvgIpc) is 2.58. The maximum absolute atomic E-state index is 12.9. The molecule has 126 valence electrons. The van der Waals surface area contributed by atoms with Gasteiger partial charge in [-0.3, -0.25) is 0 Å². The fourth-order valence-electron chi connectivity index (χ4n) is 3.35. The van der Waals surface area contributed by atoms with E-state index in [0.717, 1.165) is 34.1 Å². The van der Waals surface area contributed by atoms with Gasteiger partial charge in [0.05, 0.1) is 11.7 Å². The Labute approximate surface area is 142 Å². The van der Waals surface area contributed by atoms with Crippen LogP contribution in [-0.4, -0.2) is 23.3 Å². The highest BCUT2D eigenvalue weighted by molar-refractivity contribution is 6.05. The zero-order valence-electron chi connectivity index (χ0n) is 14.3. The average molecular weight is 324 g/mol. The third-order valence-corrected chi connectivity index (χ3v) is 4.54. The van der Waals surface area contributed by atoms with Gasteiger partial charge in [-0.05, 0) is 53.5 Å². The van der Waals surface area contributed by atoms with Crippen molar-refractivity contribution < 1.29 is 14.6 Å². The topological polar surface area (TPSA) is 46.5 Å². The SMILES string of the molecule is CCC(CC(C)O)OC(=O)c1c2c(cc3ccccc13)=CCCC=2. The molecule has 0 amide bonds. The number of aliphatic hydroxyl groups excluding tert-OH is 1. The second-order valence-corrected chi connectivity index (χ2v) is 6.48. The summed E-state index contributed by atoms with van der Waals surface area (Å²) in [4.78, 5) is 12.9. The predicted molar refractivity (Wildman–Crippen MR) is 97.2 cm³/mol. The lowest BCUT2D eigenvalue weighted by Gasteiger charge is -2.19. The maximum Gasteiger partial charge on any atom is 0.339 e. The number of fused-ring (bicyclic) bond motifs is 2. The molecule has 0 saturated heterocycles. The zero-order chi connectivity index (χ0) is 17.1. The van der Waals surface area contributed by atoms with E-state index in [9.17, 15) is 9.90 Å². The molecule has 2 aromatic rings. The number of aliphatic hydroxyl groups is 1. The highest BCUT2D eigenvalue weighted by atomic mass is 16.5. The van der Waals surface area contributed by atoms with Crippen LogP contribution in [0.15, 0.2) is 30.3 Å². The van der Waals surface area contributed by atoms with Crippen molar-refractivity contribution in [3.8, 4) is 0 Å². The van der Waals surface area contributed by atoms with Gasteiger partial charge in [-0.15, -0.1) is 0 Å². The van der Waals surface area contributed by atoms with Gasteiger partial charge in [0.25, 0.3) is 0 Å². The van der Waals surface area contributed by atoms with E-state index in [2.05, 4.69) is 18.2 Å². The fourth-order valence-corrected chi connectivity index (χ4v) is 3.35. The molecule has 3 nitrogen and oxygen atoms in total. The van der Waals surface area contributed by atoms with Gasteiger partial charge in [-0.2, -0.15) is 0 Å². The van der Waals surface area contributed by atoms with E-state index in [1.807, 2.05) is 31.2 Å². The Morgan fingerprint density at radius 3 is 2.75 bits per heavy atom. The molecule has 0 aromatic heterocycles. The molecule has 2 unspecified atom stereocenters. The molecule has 2 atom stereocenters. The smallest absolute Gasteiger partial charge is 0.339 e. The largest absolute Gasteiger partial charge is 0.459 e. The number of rotatable bonds is 5. The lowest BCUT2D eigenvalue weighted by atomic mass is 9.96. The summed E-state index contributed by atoms with van der Waals surface area (Å²) in [5, 5.41) is 13.7. The molecule has 0 bridgehead atoms. The molecule has 0 radical (unpaired) electrons. The summed E-state index contributed by atoms with van der Waals surface area (Å²) in [6.45, 7) is 3.69. The first-order valence-corrected chi connectivity index (χ1v) is 8.71. The molecular formula is C21H24O3. The Bertz CT molecular complexity index is 865. The second-order valence-electron chi connectivity index (χ2n) is 6.48. The first kappa shape index (κ1) is 16.7. The van der Waals surface area contributed by atoms with Crippen molar-refractivity contribution in [3.05, 3.63) is 46.3 Å². The molecule has 0 saturated carbocycles. The number of benzene rings is 2. The molecule has 0 spiro atoms. The molecular weight excluding hydrogens is 300 g/mol. The minimum atomic E-state index is -0.482. The standard InChI is InChI=1S/C21H24O3/c1-3-17(12-14(2)22)24-21(23)20-18-10-6-4-8-15(18)13-16-9-5-7-11-19(16)20/h4,6,8-11,13-14,17,22H,3,5,7,12H2,1-2H3. The minimum Gasteiger partial charge on any atom is -0.459 e. The van der Waals surface area contributed by atoms with E-state index in [4.69, 9.17) is 4.74 Å². The monoisotopic (exact) mass is 324 g/mol. The lowest BCUT2D eigenvalue weighted by Crippen LogP contribution is -2.35. The first-order valence-electron chi connectivity index (χ1n) is 8.71. The molecule has 3 rings (SSSR count). The second kappa shape index (κ2) is 7.18. The summed E-state index contributed by atoms with van der Waals surface area (Å²) in [5.41, 5.74) is 0.656. The van der Waals surface area contributed by atoms with Crippen LogP contribution < -0.4 is 10.4 Å². The molecule has 0 heterocycles. The third-order valence-electron chi connectivity index (χ3n) is 4.54. The van der Waals surface area contributed by atoms with Crippen molar-refractivity contribution in [3.63, 3.8) is 0 Å². The number of hydrogen-bond donors (Lipinski definition) is 1. The van der Waals surface area contributed by atoms with Crippen molar-refractivity contribution in [1.82, 2.24) is 0 Å². The minimum absolute atomic E-state index is 0.264. The van der Waals surface area contributed by atoms with Gasteiger partial charge in [-0.25, -0.2) is 4.79 Å². The molecule has 1 aliphatic rings. The molecule has 3 heteroatoms. The van der Waals surface area contributed by atoms with Crippen molar-refractivity contribution in [2.75, 3.05) is 0 Å². The van der Waals surface area contributed by atoms with Crippen molar-refractivity contribution >= 4 is 28.9 Å². The summed E-state index contributed by atoms with van der Waals surface area (Å²) < 4.78 is 5.74. The molecule has 24 heavy (non-hydrogen) atoms. The first-order chi connectivity index (χ1) is 11.6. The molecule has 1 aliphatic carbocycles. The molecule has 2 aromatic carbocycles. The number of hydrogen-bond acceptors (Lipinski definition) is 3. The van der Waals surface area contributed by atoms with Gasteiger partial charge in [0, 0.05) is 6.42 Å². The predicted octanol–water partition coefficient (Wildman–Crippen LogP) is 2.90. The number of carbonyl (C=O) groups is 1. The highest BCUT2D eigenvalue weighted by Gasteiger charge is 2.20. The van der Waals surface area contributed by atoms with Crippen LogP contribution in [0.2, 0.25) is 0 Å². The van der Waals surface area contributed by atoms with Gasteiger partial charge in [0.15, 0.2) is 0 Å². The molecule has 0 fully saturated rings. The number of ether oxygens (including phenoxy) is 1. The summed E-state index contributed by atoms with van der Waals surface area (Å²) >= 11 is 0. The van der Waals surface area contributed by atoms with Gasteiger partial charge in [0.2, 0.25) is 0 Å². The Morgan fingerprint density at radius 2 is 2.00 bits per heavy atom. The highest BCUT2D eigenvalue weighted by Crippen LogP contribution is 2.18. The molecule has 0 aliphatic heterocycles. The van der Waals surface area contributed by atoms with Crippen LogP contribution in [0.5, 0.6) is 0 Å². The van der Waals surface area contributed by atoms with Gasteiger partial charge >= 0.3 is 5.97 Å². The van der Waals surface area contributed by atoms with E-state index in [-0.39, 0.29) is 12.1 Å². The quantitative estimate of drug-likeness (QED) is 0.860. The fraction of sp³-hybridized carbons (Fsp3) is 0.381. The van der Waals surface area contributed by atoms with Gasteiger partial charge in [0.1, 0.15) is 6.10 Å². The van der Waals surface area contributed by atoms with Crippen molar-refractivity contribution in [2.24, 2.45) is 0 Å². The van der Waals surface area contributed by atoms with Crippen molar-refractivity contribution in [2.45, 2.75) is 51.7 Å². The number of esters is 1. The third kappa shape index (κ3) is 3.36. The Kier molecular flexibility index (Phi) is 5.00. The Morgan fingerprint density at radius 1 is 1.25 bits per heavy atom. The number of carbonyl (C=O) groups excluding carboxylic acids is 1. The van der Waals surface area contributed by atoms with Crippen LogP contribution in [0.1, 0.15) is 49.9 Å². The van der Waals surface area contributed by atoms with Crippen LogP contribution >= 0.6 is 0 Å². The maximum atomic E-state index is 12.9. The van der Waals surface area contributed by atoms with Crippen molar-refractivity contribution in [1.29, 1.82) is 0 Å².